The topological polar surface area (TPSA) is 15.3 Å². The molecule has 2 heteroatoms. The molecule has 1 rings (SSSR count). The van der Waals surface area contributed by atoms with Crippen LogP contribution in [0.2, 0.25) is 0 Å². The van der Waals surface area contributed by atoms with Crippen LogP contribution in [0.1, 0.15) is 54.4 Å². The van der Waals surface area contributed by atoms with Gasteiger partial charge in [-0.2, -0.15) is 0 Å². The summed E-state index contributed by atoms with van der Waals surface area (Å²) in [5.74, 6) is 2.37. The van der Waals surface area contributed by atoms with Gasteiger partial charge in [-0.1, -0.05) is 34.6 Å². The summed E-state index contributed by atoms with van der Waals surface area (Å²) in [5.41, 5.74) is 0. The molecule has 0 spiro atoms. The minimum absolute atomic E-state index is 0.668. The number of rotatable bonds is 5. The molecule has 3 unspecified atom stereocenters. The fourth-order valence-corrected chi connectivity index (χ4v) is 3.14. The summed E-state index contributed by atoms with van der Waals surface area (Å²) in [6.07, 6.45) is 2.64. The highest BCUT2D eigenvalue weighted by Gasteiger charge is 2.25. The van der Waals surface area contributed by atoms with Gasteiger partial charge in [-0.15, -0.1) is 0 Å². The van der Waals surface area contributed by atoms with Crippen LogP contribution in [0.3, 0.4) is 0 Å². The second-order valence-electron chi connectivity index (χ2n) is 7.13. The zero-order valence-electron chi connectivity index (χ0n) is 13.4. The molecule has 1 fully saturated rings. The Bertz CT molecular complexity index is 225. The van der Waals surface area contributed by atoms with E-state index in [-0.39, 0.29) is 0 Å². The maximum Gasteiger partial charge on any atom is 0.0218 e. The summed E-state index contributed by atoms with van der Waals surface area (Å²) in [4.78, 5) is 2.72. The van der Waals surface area contributed by atoms with Crippen molar-refractivity contribution in [3.8, 4) is 0 Å². The van der Waals surface area contributed by atoms with E-state index in [4.69, 9.17) is 0 Å². The van der Waals surface area contributed by atoms with Crippen LogP contribution >= 0.6 is 0 Å². The average Bonchev–Trinajstić information content (AvgIpc) is 2.40. The lowest BCUT2D eigenvalue weighted by molar-refractivity contribution is 0.160. The van der Waals surface area contributed by atoms with E-state index in [1.165, 1.54) is 32.5 Å². The number of hydrogen-bond acceptors (Lipinski definition) is 2. The van der Waals surface area contributed by atoms with Crippen molar-refractivity contribution in [1.29, 1.82) is 0 Å². The Labute approximate surface area is 115 Å². The van der Waals surface area contributed by atoms with Crippen molar-refractivity contribution < 1.29 is 0 Å². The van der Waals surface area contributed by atoms with E-state index < -0.39 is 0 Å². The molecule has 0 amide bonds. The largest absolute Gasteiger partial charge is 0.312 e. The summed E-state index contributed by atoms with van der Waals surface area (Å²) in [6, 6.07) is 1.40. The van der Waals surface area contributed by atoms with Gasteiger partial charge in [-0.05, 0) is 44.1 Å². The molecule has 2 nitrogen and oxygen atoms in total. The maximum atomic E-state index is 3.71. The molecule has 1 saturated heterocycles. The quantitative estimate of drug-likeness (QED) is 0.809. The van der Waals surface area contributed by atoms with Gasteiger partial charge in [0, 0.05) is 25.2 Å². The van der Waals surface area contributed by atoms with Gasteiger partial charge in [0.25, 0.3) is 0 Å². The predicted octanol–water partition coefficient (Wildman–Crippen LogP) is 3.38. The van der Waals surface area contributed by atoms with E-state index in [1.807, 2.05) is 0 Å². The predicted molar refractivity (Wildman–Crippen MR) is 80.9 cm³/mol. The van der Waals surface area contributed by atoms with E-state index in [9.17, 15) is 0 Å². The number of nitrogens with one attached hydrogen (secondary N) is 1. The van der Waals surface area contributed by atoms with Crippen molar-refractivity contribution in [2.75, 3.05) is 19.6 Å². The van der Waals surface area contributed by atoms with Gasteiger partial charge in [0.15, 0.2) is 0 Å². The molecule has 18 heavy (non-hydrogen) atoms. The fourth-order valence-electron chi connectivity index (χ4n) is 3.14. The summed E-state index contributed by atoms with van der Waals surface area (Å²) in [7, 11) is 0. The lowest BCUT2D eigenvalue weighted by Crippen LogP contribution is -2.44. The third-order valence-corrected chi connectivity index (χ3v) is 4.25. The second kappa shape index (κ2) is 7.49. The number of hydrogen-bond donors (Lipinski definition) is 1. The molecule has 1 heterocycles. The molecule has 1 aliphatic rings. The Kier molecular flexibility index (Phi) is 6.65. The third-order valence-electron chi connectivity index (χ3n) is 4.25. The van der Waals surface area contributed by atoms with E-state index in [2.05, 4.69) is 51.8 Å². The first-order valence-electron chi connectivity index (χ1n) is 7.87. The minimum Gasteiger partial charge on any atom is -0.312 e. The summed E-state index contributed by atoms with van der Waals surface area (Å²) in [5, 5.41) is 3.71. The van der Waals surface area contributed by atoms with Crippen LogP contribution in [0, 0.1) is 17.8 Å². The molecule has 0 aromatic heterocycles. The van der Waals surface area contributed by atoms with Crippen LogP contribution in [-0.2, 0) is 0 Å². The van der Waals surface area contributed by atoms with Crippen molar-refractivity contribution in [3.63, 3.8) is 0 Å². The molecule has 0 saturated carbocycles. The first kappa shape index (κ1) is 16.0. The van der Waals surface area contributed by atoms with E-state index >= 15 is 0 Å². The maximum absolute atomic E-state index is 3.71. The first-order valence-corrected chi connectivity index (χ1v) is 7.87. The lowest BCUT2D eigenvalue weighted by Gasteiger charge is -2.33. The van der Waals surface area contributed by atoms with Crippen molar-refractivity contribution in [3.05, 3.63) is 0 Å². The Morgan fingerprint density at radius 2 is 1.83 bits per heavy atom. The molecule has 0 radical (unpaired) electrons. The van der Waals surface area contributed by atoms with Gasteiger partial charge in [0.1, 0.15) is 0 Å². The molecular formula is C16H34N2. The first-order chi connectivity index (χ1) is 8.40. The van der Waals surface area contributed by atoms with Crippen LogP contribution in [0.25, 0.3) is 0 Å². The van der Waals surface area contributed by atoms with Crippen LogP contribution in [-0.4, -0.2) is 36.6 Å². The molecule has 0 aliphatic carbocycles. The Hall–Kier alpha value is -0.0800. The van der Waals surface area contributed by atoms with Gasteiger partial charge >= 0.3 is 0 Å². The van der Waals surface area contributed by atoms with Crippen molar-refractivity contribution in [1.82, 2.24) is 10.2 Å². The van der Waals surface area contributed by atoms with E-state index in [0.717, 1.165) is 23.8 Å². The minimum atomic E-state index is 0.668. The molecular weight excluding hydrogens is 220 g/mol. The zero-order valence-corrected chi connectivity index (χ0v) is 13.4. The standard InChI is InChI=1S/C16H34N2/c1-12(2)9-14(5)10-18-11-16(13(3)4)17-8-7-15(18)6/h12-17H,7-11H2,1-6H3. The van der Waals surface area contributed by atoms with Gasteiger partial charge in [0.05, 0.1) is 0 Å². The van der Waals surface area contributed by atoms with Crippen molar-refractivity contribution >= 4 is 0 Å². The fraction of sp³-hybridized carbons (Fsp3) is 1.00. The molecule has 0 aromatic carbocycles. The number of nitrogens with zero attached hydrogens (tertiary/aromatic N) is 1. The summed E-state index contributed by atoms with van der Waals surface area (Å²) in [6.45, 7) is 17.8. The van der Waals surface area contributed by atoms with Crippen LogP contribution in [0.4, 0.5) is 0 Å². The highest BCUT2D eigenvalue weighted by atomic mass is 15.2. The van der Waals surface area contributed by atoms with Crippen molar-refractivity contribution in [2.45, 2.75) is 66.5 Å². The van der Waals surface area contributed by atoms with Crippen molar-refractivity contribution in [2.24, 2.45) is 17.8 Å². The molecule has 108 valence electrons. The normalized spacial score (nSPS) is 28.7. The Morgan fingerprint density at radius 1 is 1.17 bits per heavy atom. The van der Waals surface area contributed by atoms with E-state index in [1.54, 1.807) is 0 Å². The van der Waals surface area contributed by atoms with Gasteiger partial charge in [-0.3, -0.25) is 4.90 Å². The van der Waals surface area contributed by atoms with E-state index in [0.29, 0.717) is 6.04 Å². The smallest absolute Gasteiger partial charge is 0.0218 e. The molecule has 0 bridgehead atoms. The molecule has 3 atom stereocenters. The molecule has 1 N–H and O–H groups in total. The lowest BCUT2D eigenvalue weighted by atomic mass is 9.97. The second-order valence-corrected chi connectivity index (χ2v) is 7.13. The summed E-state index contributed by atoms with van der Waals surface area (Å²) < 4.78 is 0. The zero-order chi connectivity index (χ0) is 13.7. The summed E-state index contributed by atoms with van der Waals surface area (Å²) >= 11 is 0. The van der Waals surface area contributed by atoms with Crippen LogP contribution < -0.4 is 5.32 Å². The Morgan fingerprint density at radius 3 is 2.39 bits per heavy atom. The Balaban J connectivity index is 2.53. The third kappa shape index (κ3) is 5.27. The average molecular weight is 254 g/mol. The van der Waals surface area contributed by atoms with Crippen LogP contribution in [0.15, 0.2) is 0 Å². The highest BCUT2D eigenvalue weighted by Crippen LogP contribution is 2.18. The SMILES string of the molecule is CC(C)CC(C)CN1CC(C(C)C)NCCC1C. The van der Waals surface area contributed by atoms with Gasteiger partial charge in [0.2, 0.25) is 0 Å². The monoisotopic (exact) mass is 254 g/mol. The van der Waals surface area contributed by atoms with Crippen LogP contribution in [0.5, 0.6) is 0 Å². The highest BCUT2D eigenvalue weighted by molar-refractivity contribution is 4.83. The molecule has 1 aliphatic heterocycles. The van der Waals surface area contributed by atoms with Gasteiger partial charge in [-0.25, -0.2) is 0 Å². The molecule has 0 aromatic rings. The van der Waals surface area contributed by atoms with Gasteiger partial charge < -0.3 is 5.32 Å².